The molecular formula is C16H13ClN3. The van der Waals surface area contributed by atoms with Crippen LogP contribution in [0.15, 0.2) is 24.5 Å². The smallest absolute Gasteiger partial charge is 0.222 e. The van der Waals surface area contributed by atoms with Crippen molar-refractivity contribution in [2.24, 2.45) is 0 Å². The van der Waals surface area contributed by atoms with Crippen molar-refractivity contribution < 1.29 is 0 Å². The summed E-state index contributed by atoms with van der Waals surface area (Å²) in [5.74, 6) is 6.72. The molecule has 0 aliphatic heterocycles. The van der Waals surface area contributed by atoms with Crippen LogP contribution < -0.4 is 5.32 Å². The van der Waals surface area contributed by atoms with Crippen LogP contribution in [0.3, 0.4) is 0 Å². The largest absolute Gasteiger partial charge is 0.351 e. The van der Waals surface area contributed by atoms with Gasteiger partial charge >= 0.3 is 0 Å². The van der Waals surface area contributed by atoms with Crippen LogP contribution in [0.4, 0.5) is 5.95 Å². The number of nitrogens with zero attached hydrogens (tertiary/aromatic N) is 2. The number of hydrogen-bond acceptors (Lipinski definition) is 3. The molecule has 2 aromatic rings. The first-order valence-electron chi connectivity index (χ1n) is 6.45. The predicted molar refractivity (Wildman–Crippen MR) is 79.7 cm³/mol. The molecular weight excluding hydrogens is 270 g/mol. The summed E-state index contributed by atoms with van der Waals surface area (Å²) in [7, 11) is 0. The number of benzene rings is 1. The van der Waals surface area contributed by atoms with Gasteiger partial charge in [-0.1, -0.05) is 17.5 Å². The second-order valence-electron chi connectivity index (χ2n) is 4.72. The average Bonchev–Trinajstić information content (AvgIpc) is 2.82. The minimum absolute atomic E-state index is 0.281. The highest BCUT2D eigenvalue weighted by Gasteiger charge is 2.24. The molecule has 3 nitrogen and oxygen atoms in total. The Bertz CT molecular complexity index is 686. The number of fused-ring (bicyclic) bond motifs is 1. The van der Waals surface area contributed by atoms with E-state index in [2.05, 4.69) is 33.2 Å². The first-order chi connectivity index (χ1) is 9.76. The van der Waals surface area contributed by atoms with E-state index in [0.29, 0.717) is 5.95 Å². The minimum Gasteiger partial charge on any atom is -0.351 e. The summed E-state index contributed by atoms with van der Waals surface area (Å²) >= 11 is 6.16. The van der Waals surface area contributed by atoms with E-state index in [1.165, 1.54) is 11.1 Å². The van der Waals surface area contributed by atoms with Crippen LogP contribution in [0.5, 0.6) is 0 Å². The zero-order valence-electron chi connectivity index (χ0n) is 11.1. The van der Waals surface area contributed by atoms with E-state index < -0.39 is 0 Å². The third kappa shape index (κ3) is 2.61. The van der Waals surface area contributed by atoms with Crippen molar-refractivity contribution in [2.45, 2.75) is 25.8 Å². The molecule has 0 amide bonds. The molecule has 4 heteroatoms. The lowest BCUT2D eigenvalue weighted by Crippen LogP contribution is -2.20. The first-order valence-corrected chi connectivity index (χ1v) is 6.82. The quantitative estimate of drug-likeness (QED) is 0.861. The van der Waals surface area contributed by atoms with Crippen LogP contribution in [-0.2, 0) is 12.8 Å². The minimum atomic E-state index is 0.281. The standard InChI is InChI=1S/C16H13ClN3/c1-2-4-11-7-13(17)8-12-9-14(10-15(11)12)20-16-18-5-3-6-19-16/h5-8,14H,9-10H2,1H3,(H,18,19,20). The van der Waals surface area contributed by atoms with E-state index >= 15 is 0 Å². The molecule has 0 bridgehead atoms. The van der Waals surface area contributed by atoms with Crippen LogP contribution in [0.25, 0.3) is 0 Å². The third-order valence-corrected chi connectivity index (χ3v) is 3.56. The highest BCUT2D eigenvalue weighted by molar-refractivity contribution is 6.30. The van der Waals surface area contributed by atoms with E-state index in [1.807, 2.05) is 19.1 Å². The molecule has 0 saturated carbocycles. The molecule has 0 saturated heterocycles. The molecule has 1 aromatic carbocycles. The van der Waals surface area contributed by atoms with Crippen molar-refractivity contribution in [3.8, 4) is 11.8 Å². The predicted octanol–water partition coefficient (Wildman–Crippen LogP) is 2.88. The van der Waals surface area contributed by atoms with Gasteiger partial charge in [-0.3, -0.25) is 0 Å². The van der Waals surface area contributed by atoms with Crippen LogP contribution in [0, 0.1) is 17.9 Å². The van der Waals surface area contributed by atoms with Crippen molar-refractivity contribution in [2.75, 3.05) is 5.32 Å². The summed E-state index contributed by atoms with van der Waals surface area (Å²) in [6.45, 7) is 1.84. The monoisotopic (exact) mass is 282 g/mol. The summed E-state index contributed by atoms with van der Waals surface area (Å²) in [6, 6.07) is 7.06. The highest BCUT2D eigenvalue weighted by atomic mass is 35.5. The Balaban J connectivity index is 1.84. The van der Waals surface area contributed by atoms with E-state index in [0.717, 1.165) is 23.4 Å². The molecule has 1 heterocycles. The summed E-state index contributed by atoms with van der Waals surface area (Å²) in [4.78, 5) is 8.30. The fourth-order valence-electron chi connectivity index (χ4n) is 2.57. The zero-order valence-corrected chi connectivity index (χ0v) is 11.8. The van der Waals surface area contributed by atoms with Gasteiger partial charge in [0.15, 0.2) is 0 Å². The number of hydrogen-bond donors (Lipinski definition) is 1. The summed E-state index contributed by atoms with van der Waals surface area (Å²) in [5.41, 5.74) is 3.57. The lowest BCUT2D eigenvalue weighted by molar-refractivity contribution is 0.761. The molecule has 1 N–H and O–H groups in total. The summed E-state index contributed by atoms with van der Waals surface area (Å²) in [6.07, 6.45) is 5.05. The molecule has 0 spiro atoms. The van der Waals surface area contributed by atoms with Crippen molar-refractivity contribution in [1.82, 2.24) is 9.97 Å². The molecule has 1 aromatic heterocycles. The zero-order chi connectivity index (χ0) is 13.9. The Kier molecular flexibility index (Phi) is 3.58. The van der Waals surface area contributed by atoms with Gasteiger partial charge in [-0.2, -0.15) is 0 Å². The fraction of sp³-hybridized carbons (Fsp3) is 0.250. The van der Waals surface area contributed by atoms with Gasteiger partial charge in [-0.25, -0.2) is 9.97 Å². The van der Waals surface area contributed by atoms with Gasteiger partial charge in [-0.15, -0.1) is 5.92 Å². The van der Waals surface area contributed by atoms with E-state index in [4.69, 9.17) is 11.6 Å². The van der Waals surface area contributed by atoms with Crippen molar-refractivity contribution >= 4 is 17.5 Å². The highest BCUT2D eigenvalue weighted by Crippen LogP contribution is 2.29. The van der Waals surface area contributed by atoms with Gasteiger partial charge in [-0.05, 0) is 43.0 Å². The normalized spacial score (nSPS) is 16.2. The Morgan fingerprint density at radius 1 is 1.30 bits per heavy atom. The van der Waals surface area contributed by atoms with Crippen LogP contribution in [0.2, 0.25) is 5.02 Å². The molecule has 1 aliphatic carbocycles. The maximum atomic E-state index is 6.16. The van der Waals surface area contributed by atoms with E-state index in [-0.39, 0.29) is 6.04 Å². The Morgan fingerprint density at radius 3 is 2.85 bits per heavy atom. The van der Waals surface area contributed by atoms with Crippen molar-refractivity contribution in [1.29, 1.82) is 0 Å². The van der Waals surface area contributed by atoms with E-state index in [9.17, 15) is 0 Å². The number of aromatic nitrogens is 2. The number of halogens is 1. The second-order valence-corrected chi connectivity index (χ2v) is 5.16. The van der Waals surface area contributed by atoms with Gasteiger partial charge in [0.1, 0.15) is 0 Å². The maximum Gasteiger partial charge on any atom is 0.222 e. The third-order valence-electron chi connectivity index (χ3n) is 3.34. The Hall–Kier alpha value is -2.05. The van der Waals surface area contributed by atoms with Crippen molar-refractivity contribution in [3.63, 3.8) is 0 Å². The number of nitrogens with one attached hydrogen (secondary N) is 1. The Morgan fingerprint density at radius 2 is 2.10 bits per heavy atom. The lowest BCUT2D eigenvalue weighted by Gasteiger charge is -2.10. The summed E-state index contributed by atoms with van der Waals surface area (Å²) < 4.78 is 0. The van der Waals surface area contributed by atoms with Crippen LogP contribution in [-0.4, -0.2) is 16.0 Å². The molecule has 3 rings (SSSR count). The van der Waals surface area contributed by atoms with Gasteiger partial charge < -0.3 is 5.32 Å². The fourth-order valence-corrected chi connectivity index (χ4v) is 2.81. The SMILES string of the molecule is CC#Cc1cc(Cl)cc2c1CC(Nc1nc[c]cn1)C2. The van der Waals surface area contributed by atoms with E-state index in [1.54, 1.807) is 12.4 Å². The molecule has 1 aliphatic rings. The molecule has 0 fully saturated rings. The van der Waals surface area contributed by atoms with Gasteiger partial charge in [0, 0.05) is 35.1 Å². The molecule has 1 unspecified atom stereocenters. The topological polar surface area (TPSA) is 37.8 Å². The first kappa shape index (κ1) is 13.0. The molecule has 20 heavy (non-hydrogen) atoms. The Labute approximate surface area is 123 Å². The molecule has 99 valence electrons. The lowest BCUT2D eigenvalue weighted by atomic mass is 10.0. The number of anilines is 1. The average molecular weight is 283 g/mol. The second kappa shape index (κ2) is 5.52. The van der Waals surface area contributed by atoms with Gasteiger partial charge in [0.25, 0.3) is 0 Å². The number of rotatable bonds is 2. The molecule has 1 radical (unpaired) electrons. The van der Waals surface area contributed by atoms with Crippen molar-refractivity contribution in [3.05, 3.63) is 52.3 Å². The summed E-state index contributed by atoms with van der Waals surface area (Å²) in [5, 5.41) is 4.09. The van der Waals surface area contributed by atoms with Gasteiger partial charge in [0.2, 0.25) is 5.95 Å². The van der Waals surface area contributed by atoms with Gasteiger partial charge in [0.05, 0.1) is 0 Å². The van der Waals surface area contributed by atoms with Crippen LogP contribution in [0.1, 0.15) is 23.6 Å². The maximum absolute atomic E-state index is 6.16. The molecule has 1 atom stereocenters. The van der Waals surface area contributed by atoms with Crippen LogP contribution >= 0.6 is 11.6 Å².